The third-order valence-corrected chi connectivity index (χ3v) is 4.35. The number of aryl methyl sites for hydroxylation is 1. The molecule has 0 aliphatic heterocycles. The van der Waals surface area contributed by atoms with Crippen molar-refractivity contribution in [1.29, 1.82) is 0 Å². The molecule has 0 aromatic heterocycles. The van der Waals surface area contributed by atoms with Crippen LogP contribution < -0.4 is 0 Å². The Hall–Kier alpha value is -1.22. The van der Waals surface area contributed by atoms with E-state index in [-0.39, 0.29) is 0 Å². The third kappa shape index (κ3) is 6.27. The van der Waals surface area contributed by atoms with Crippen LogP contribution in [0.25, 0.3) is 0 Å². The largest absolute Gasteiger partial charge is 0.351 e. The highest BCUT2D eigenvalue weighted by molar-refractivity contribution is 8.13. The van der Waals surface area contributed by atoms with E-state index in [2.05, 4.69) is 62.8 Å². The monoisotopic (exact) mass is 318 g/mol. The van der Waals surface area contributed by atoms with Crippen molar-refractivity contribution in [3.8, 4) is 0 Å². The van der Waals surface area contributed by atoms with E-state index in [0.29, 0.717) is 0 Å². The Morgan fingerprint density at radius 3 is 2.50 bits per heavy atom. The van der Waals surface area contributed by atoms with Gasteiger partial charge in [-0.25, -0.2) is 4.99 Å². The zero-order chi connectivity index (χ0) is 16.4. The van der Waals surface area contributed by atoms with Crippen LogP contribution in [0.4, 0.5) is 0 Å². The topological polar surface area (TPSA) is 15.6 Å². The number of unbranched alkanes of at least 4 members (excludes halogenated alkanes) is 1. The van der Waals surface area contributed by atoms with Crippen molar-refractivity contribution in [3.63, 3.8) is 0 Å². The molecular weight excluding hydrogens is 288 g/mol. The number of hydrogen-bond acceptors (Lipinski definition) is 2. The van der Waals surface area contributed by atoms with E-state index in [9.17, 15) is 0 Å². The molecule has 1 aromatic rings. The fourth-order valence-electron chi connectivity index (χ4n) is 2.37. The van der Waals surface area contributed by atoms with Crippen LogP contribution >= 0.6 is 11.8 Å². The predicted molar refractivity (Wildman–Crippen MR) is 102 cm³/mol. The Labute approximate surface area is 140 Å². The Bertz CT molecular complexity index is 494. The molecule has 0 saturated heterocycles. The highest BCUT2D eigenvalue weighted by Gasteiger charge is 2.10. The number of hydrogen-bond donors (Lipinski definition) is 0. The maximum atomic E-state index is 4.81. The van der Waals surface area contributed by atoms with Crippen LogP contribution in [0.3, 0.4) is 0 Å². The average Bonchev–Trinajstić information content (AvgIpc) is 2.51. The van der Waals surface area contributed by atoms with Crippen molar-refractivity contribution in [2.45, 2.75) is 46.5 Å². The van der Waals surface area contributed by atoms with Gasteiger partial charge in [0.05, 0.1) is 0 Å². The smallest absolute Gasteiger partial charge is 0.163 e. The van der Waals surface area contributed by atoms with Crippen LogP contribution in [0.2, 0.25) is 0 Å². The van der Waals surface area contributed by atoms with Gasteiger partial charge in [-0.1, -0.05) is 62.9 Å². The first kappa shape index (κ1) is 18.8. The van der Waals surface area contributed by atoms with E-state index >= 15 is 0 Å². The Kier molecular flexibility index (Phi) is 8.98. The molecule has 1 aromatic carbocycles. The molecule has 0 saturated carbocycles. The molecule has 0 unspecified atom stereocenters. The summed E-state index contributed by atoms with van der Waals surface area (Å²) in [5, 5.41) is 1.11. The SMILES string of the molecule is C=C(Cc1ccccc1C)N=C(SC)N(CCC)CCCC. The molecule has 0 radical (unpaired) electrons. The molecule has 0 heterocycles. The molecule has 122 valence electrons. The first-order valence-corrected chi connectivity index (χ1v) is 9.44. The predicted octanol–water partition coefficient (Wildman–Crippen LogP) is 5.28. The van der Waals surface area contributed by atoms with Gasteiger partial charge >= 0.3 is 0 Å². The van der Waals surface area contributed by atoms with Gasteiger partial charge in [0.25, 0.3) is 0 Å². The molecular formula is C19H30N2S. The molecule has 0 amide bonds. The molecule has 2 nitrogen and oxygen atoms in total. The zero-order valence-corrected chi connectivity index (χ0v) is 15.4. The summed E-state index contributed by atoms with van der Waals surface area (Å²) >= 11 is 1.73. The number of thioether (sulfide) groups is 1. The minimum atomic E-state index is 0.824. The van der Waals surface area contributed by atoms with Gasteiger partial charge in [-0.3, -0.25) is 0 Å². The minimum absolute atomic E-state index is 0.824. The molecule has 22 heavy (non-hydrogen) atoms. The molecule has 0 aliphatic rings. The maximum Gasteiger partial charge on any atom is 0.163 e. The number of nitrogens with zero attached hydrogens (tertiary/aromatic N) is 2. The Morgan fingerprint density at radius 2 is 1.91 bits per heavy atom. The number of amidine groups is 1. The van der Waals surface area contributed by atoms with Crippen molar-refractivity contribution < 1.29 is 0 Å². The van der Waals surface area contributed by atoms with E-state index in [4.69, 9.17) is 4.99 Å². The minimum Gasteiger partial charge on any atom is -0.351 e. The lowest BCUT2D eigenvalue weighted by molar-refractivity contribution is 0.414. The van der Waals surface area contributed by atoms with E-state index in [0.717, 1.165) is 36.8 Å². The molecule has 0 N–H and O–H groups in total. The van der Waals surface area contributed by atoms with Crippen LogP contribution in [0, 0.1) is 6.92 Å². The molecule has 0 fully saturated rings. The van der Waals surface area contributed by atoms with Crippen LogP contribution in [0.5, 0.6) is 0 Å². The summed E-state index contributed by atoms with van der Waals surface area (Å²) in [5.74, 6) is 0. The quantitative estimate of drug-likeness (QED) is 0.478. The molecule has 0 bridgehead atoms. The van der Waals surface area contributed by atoms with Crippen LogP contribution in [0.1, 0.15) is 44.2 Å². The van der Waals surface area contributed by atoms with Crippen LogP contribution in [0.15, 0.2) is 41.5 Å². The van der Waals surface area contributed by atoms with Gasteiger partial charge in [0.2, 0.25) is 0 Å². The average molecular weight is 319 g/mol. The van der Waals surface area contributed by atoms with Gasteiger partial charge in [0, 0.05) is 25.2 Å². The van der Waals surface area contributed by atoms with Crippen molar-refractivity contribution in [2.24, 2.45) is 4.99 Å². The van der Waals surface area contributed by atoms with Gasteiger partial charge in [-0.05, 0) is 37.1 Å². The van der Waals surface area contributed by atoms with Crippen molar-refractivity contribution in [3.05, 3.63) is 47.7 Å². The lowest BCUT2D eigenvalue weighted by Crippen LogP contribution is -2.30. The molecule has 0 atom stereocenters. The normalized spacial score (nSPS) is 11.5. The summed E-state index contributed by atoms with van der Waals surface area (Å²) < 4.78 is 0. The molecule has 3 heteroatoms. The number of aliphatic imine (C=N–C) groups is 1. The van der Waals surface area contributed by atoms with Gasteiger partial charge < -0.3 is 4.90 Å². The zero-order valence-electron chi connectivity index (χ0n) is 14.6. The van der Waals surface area contributed by atoms with Crippen molar-refractivity contribution in [2.75, 3.05) is 19.3 Å². The van der Waals surface area contributed by atoms with E-state index in [1.54, 1.807) is 11.8 Å². The van der Waals surface area contributed by atoms with Gasteiger partial charge in [0.1, 0.15) is 0 Å². The first-order chi connectivity index (χ1) is 10.6. The van der Waals surface area contributed by atoms with Gasteiger partial charge in [0.15, 0.2) is 5.17 Å². The van der Waals surface area contributed by atoms with E-state index in [1.807, 2.05) is 0 Å². The Balaban J connectivity index is 2.80. The Morgan fingerprint density at radius 1 is 1.18 bits per heavy atom. The van der Waals surface area contributed by atoms with Gasteiger partial charge in [-0.15, -0.1) is 0 Å². The summed E-state index contributed by atoms with van der Waals surface area (Å²) in [6.45, 7) is 12.9. The second-order valence-electron chi connectivity index (χ2n) is 5.61. The third-order valence-electron chi connectivity index (χ3n) is 3.64. The molecule has 0 spiro atoms. The second kappa shape index (κ2) is 10.5. The summed E-state index contributed by atoms with van der Waals surface area (Å²) in [5.41, 5.74) is 3.56. The number of allylic oxidation sites excluding steroid dienone is 1. The number of benzene rings is 1. The summed E-state index contributed by atoms with van der Waals surface area (Å²) in [6.07, 6.45) is 6.50. The highest BCUT2D eigenvalue weighted by atomic mass is 32.2. The first-order valence-electron chi connectivity index (χ1n) is 8.22. The van der Waals surface area contributed by atoms with Crippen LogP contribution in [-0.4, -0.2) is 29.4 Å². The number of rotatable bonds is 8. The standard InChI is InChI=1S/C19H30N2S/c1-6-8-14-21(13-7-2)19(22-5)20-17(4)15-18-12-10-9-11-16(18)3/h9-12H,4,6-8,13-15H2,1-3,5H3. The summed E-state index contributed by atoms with van der Waals surface area (Å²) in [4.78, 5) is 7.21. The molecule has 1 rings (SSSR count). The van der Waals surface area contributed by atoms with Crippen LogP contribution in [-0.2, 0) is 6.42 Å². The second-order valence-corrected chi connectivity index (χ2v) is 6.38. The highest BCUT2D eigenvalue weighted by Crippen LogP contribution is 2.16. The lowest BCUT2D eigenvalue weighted by atomic mass is 10.1. The van der Waals surface area contributed by atoms with Crippen molar-refractivity contribution >= 4 is 16.9 Å². The van der Waals surface area contributed by atoms with Gasteiger partial charge in [-0.2, -0.15) is 0 Å². The molecule has 0 aliphatic carbocycles. The lowest BCUT2D eigenvalue weighted by Gasteiger charge is -2.24. The van der Waals surface area contributed by atoms with Crippen molar-refractivity contribution in [1.82, 2.24) is 4.90 Å². The van der Waals surface area contributed by atoms with E-state index < -0.39 is 0 Å². The fourth-order valence-corrected chi connectivity index (χ4v) is 3.03. The van der Waals surface area contributed by atoms with E-state index in [1.165, 1.54) is 24.0 Å². The summed E-state index contributed by atoms with van der Waals surface area (Å²) in [6, 6.07) is 8.47. The summed E-state index contributed by atoms with van der Waals surface area (Å²) in [7, 11) is 0. The maximum absolute atomic E-state index is 4.81. The fraction of sp³-hybridized carbons (Fsp3) is 0.526.